The number of hydrogen-bond acceptors (Lipinski definition) is 3. The fraction of sp³-hybridized carbons (Fsp3) is 0.533. The van der Waals surface area contributed by atoms with E-state index in [-0.39, 0.29) is 11.7 Å². The average Bonchev–Trinajstić information content (AvgIpc) is 2.91. The molecule has 0 saturated carbocycles. The SMILES string of the molecule is COc1ccc(CN(C)C(=O)C[C@H]2CCNC2)cc1F. The van der Waals surface area contributed by atoms with E-state index in [1.165, 1.54) is 13.2 Å². The lowest BCUT2D eigenvalue weighted by Crippen LogP contribution is -2.28. The van der Waals surface area contributed by atoms with Crippen molar-refractivity contribution >= 4 is 5.91 Å². The Morgan fingerprint density at radius 2 is 2.35 bits per heavy atom. The molecule has 2 rings (SSSR count). The highest BCUT2D eigenvalue weighted by molar-refractivity contribution is 5.76. The highest BCUT2D eigenvalue weighted by Gasteiger charge is 2.20. The first-order chi connectivity index (χ1) is 9.60. The molecule has 0 unspecified atom stereocenters. The minimum atomic E-state index is -0.397. The number of nitrogens with one attached hydrogen (secondary N) is 1. The fourth-order valence-corrected chi connectivity index (χ4v) is 2.46. The molecule has 1 amide bonds. The van der Waals surface area contributed by atoms with Crippen molar-refractivity contribution in [2.75, 3.05) is 27.2 Å². The zero-order chi connectivity index (χ0) is 14.5. The van der Waals surface area contributed by atoms with Gasteiger partial charge in [-0.2, -0.15) is 0 Å². The highest BCUT2D eigenvalue weighted by Crippen LogP contribution is 2.19. The Hall–Kier alpha value is -1.62. The van der Waals surface area contributed by atoms with Crippen LogP contribution in [0.4, 0.5) is 4.39 Å². The van der Waals surface area contributed by atoms with Crippen LogP contribution in [0, 0.1) is 11.7 Å². The predicted molar refractivity (Wildman–Crippen MR) is 75.0 cm³/mol. The zero-order valence-electron chi connectivity index (χ0n) is 12.0. The van der Waals surface area contributed by atoms with Gasteiger partial charge in [0.1, 0.15) is 0 Å². The maximum atomic E-state index is 13.6. The van der Waals surface area contributed by atoms with E-state index in [0.29, 0.717) is 18.9 Å². The van der Waals surface area contributed by atoms with E-state index < -0.39 is 5.82 Å². The third-order valence-electron chi connectivity index (χ3n) is 3.69. The van der Waals surface area contributed by atoms with Gasteiger partial charge in [0.05, 0.1) is 7.11 Å². The van der Waals surface area contributed by atoms with Gasteiger partial charge in [0.15, 0.2) is 11.6 Å². The summed E-state index contributed by atoms with van der Waals surface area (Å²) in [6, 6.07) is 4.78. The van der Waals surface area contributed by atoms with Gasteiger partial charge in [-0.15, -0.1) is 0 Å². The molecule has 110 valence electrons. The molecule has 1 aromatic carbocycles. The van der Waals surface area contributed by atoms with Crippen molar-refractivity contribution in [1.29, 1.82) is 0 Å². The van der Waals surface area contributed by atoms with Crippen molar-refractivity contribution in [1.82, 2.24) is 10.2 Å². The Balaban J connectivity index is 1.91. The van der Waals surface area contributed by atoms with Gasteiger partial charge in [0, 0.05) is 20.0 Å². The van der Waals surface area contributed by atoms with Gasteiger partial charge in [0.2, 0.25) is 5.91 Å². The summed E-state index contributed by atoms with van der Waals surface area (Å²) in [4.78, 5) is 13.7. The topological polar surface area (TPSA) is 41.6 Å². The summed E-state index contributed by atoms with van der Waals surface area (Å²) in [6.07, 6.45) is 1.61. The molecule has 0 spiro atoms. The molecule has 20 heavy (non-hydrogen) atoms. The molecule has 0 bridgehead atoms. The summed E-state index contributed by atoms with van der Waals surface area (Å²) in [5, 5.41) is 3.25. The second-order valence-corrected chi connectivity index (χ2v) is 5.28. The third kappa shape index (κ3) is 3.70. The molecule has 1 aliphatic rings. The molecule has 1 fully saturated rings. The normalized spacial score (nSPS) is 18.1. The van der Waals surface area contributed by atoms with Gasteiger partial charge in [0.25, 0.3) is 0 Å². The van der Waals surface area contributed by atoms with E-state index >= 15 is 0 Å². The van der Waals surface area contributed by atoms with E-state index in [9.17, 15) is 9.18 Å². The lowest BCUT2D eigenvalue weighted by molar-refractivity contribution is -0.131. The number of carbonyl (C=O) groups is 1. The van der Waals surface area contributed by atoms with Gasteiger partial charge >= 0.3 is 0 Å². The maximum absolute atomic E-state index is 13.6. The van der Waals surface area contributed by atoms with Gasteiger partial charge < -0.3 is 15.0 Å². The van der Waals surface area contributed by atoms with Gasteiger partial charge in [-0.05, 0) is 43.1 Å². The molecular weight excluding hydrogens is 259 g/mol. The molecular formula is C15H21FN2O2. The number of rotatable bonds is 5. The van der Waals surface area contributed by atoms with Crippen LogP contribution in [0.25, 0.3) is 0 Å². The van der Waals surface area contributed by atoms with Crippen LogP contribution in [0.15, 0.2) is 18.2 Å². The lowest BCUT2D eigenvalue weighted by Gasteiger charge is -2.19. The van der Waals surface area contributed by atoms with Gasteiger partial charge in [-0.25, -0.2) is 4.39 Å². The summed E-state index contributed by atoms with van der Waals surface area (Å²) in [7, 11) is 3.19. The monoisotopic (exact) mass is 280 g/mol. The van der Waals surface area contributed by atoms with E-state index in [0.717, 1.165) is 25.1 Å². The molecule has 0 aliphatic carbocycles. The van der Waals surface area contributed by atoms with Crippen LogP contribution >= 0.6 is 0 Å². The highest BCUT2D eigenvalue weighted by atomic mass is 19.1. The molecule has 1 saturated heterocycles. The minimum absolute atomic E-state index is 0.106. The summed E-state index contributed by atoms with van der Waals surface area (Å²) in [6.45, 7) is 2.32. The van der Waals surface area contributed by atoms with Crippen LogP contribution in [0.3, 0.4) is 0 Å². The first kappa shape index (κ1) is 14.8. The second-order valence-electron chi connectivity index (χ2n) is 5.28. The Morgan fingerprint density at radius 1 is 1.55 bits per heavy atom. The fourth-order valence-electron chi connectivity index (χ4n) is 2.46. The minimum Gasteiger partial charge on any atom is -0.494 e. The molecule has 5 heteroatoms. The second kappa shape index (κ2) is 6.70. The van der Waals surface area contributed by atoms with Gasteiger partial charge in [-0.3, -0.25) is 4.79 Å². The maximum Gasteiger partial charge on any atom is 0.222 e. The largest absolute Gasteiger partial charge is 0.494 e. The number of halogens is 1. The molecule has 0 radical (unpaired) electrons. The number of benzene rings is 1. The first-order valence-corrected chi connectivity index (χ1v) is 6.87. The van der Waals surface area contributed by atoms with Crippen LogP contribution in [0.2, 0.25) is 0 Å². The number of ether oxygens (including phenoxy) is 1. The molecule has 1 aliphatic heterocycles. The summed E-state index contributed by atoms with van der Waals surface area (Å²) in [5.41, 5.74) is 0.767. The van der Waals surface area contributed by atoms with E-state index in [1.54, 1.807) is 24.1 Å². The summed E-state index contributed by atoms with van der Waals surface area (Å²) in [5.74, 6) is 0.359. The van der Waals surface area contributed by atoms with Crippen molar-refractivity contribution in [3.8, 4) is 5.75 Å². The van der Waals surface area contributed by atoms with E-state index in [2.05, 4.69) is 5.32 Å². The standard InChI is InChI=1S/C15H21FN2O2/c1-18(15(19)8-11-5-6-17-9-11)10-12-3-4-14(20-2)13(16)7-12/h3-4,7,11,17H,5-6,8-10H2,1-2H3/t11-/m1/s1. The molecule has 4 nitrogen and oxygen atoms in total. The van der Waals surface area contributed by atoms with Crippen molar-refractivity contribution in [2.45, 2.75) is 19.4 Å². The van der Waals surface area contributed by atoms with E-state index in [4.69, 9.17) is 4.74 Å². The number of nitrogens with zero attached hydrogens (tertiary/aromatic N) is 1. The van der Waals surface area contributed by atoms with Crippen LogP contribution < -0.4 is 10.1 Å². The molecule has 0 aromatic heterocycles. The third-order valence-corrected chi connectivity index (χ3v) is 3.69. The quantitative estimate of drug-likeness (QED) is 0.894. The molecule has 1 N–H and O–H groups in total. The predicted octanol–water partition coefficient (Wildman–Crippen LogP) is 1.79. The number of carbonyl (C=O) groups excluding carboxylic acids is 1. The summed E-state index contributed by atoms with van der Waals surface area (Å²) < 4.78 is 18.5. The lowest BCUT2D eigenvalue weighted by atomic mass is 10.0. The van der Waals surface area contributed by atoms with Crippen LogP contribution in [-0.2, 0) is 11.3 Å². The van der Waals surface area contributed by atoms with Crippen molar-refractivity contribution in [3.63, 3.8) is 0 Å². The summed E-state index contributed by atoms with van der Waals surface area (Å²) >= 11 is 0. The Labute approximate surface area is 118 Å². The number of methoxy groups -OCH3 is 1. The van der Waals surface area contributed by atoms with Crippen molar-refractivity contribution in [2.24, 2.45) is 5.92 Å². The van der Waals surface area contributed by atoms with Crippen LogP contribution in [-0.4, -0.2) is 38.1 Å². The van der Waals surface area contributed by atoms with Gasteiger partial charge in [-0.1, -0.05) is 6.07 Å². The average molecular weight is 280 g/mol. The zero-order valence-corrected chi connectivity index (χ0v) is 12.0. The molecule has 1 heterocycles. The Bertz CT molecular complexity index is 473. The number of amides is 1. The number of hydrogen-bond donors (Lipinski definition) is 1. The van der Waals surface area contributed by atoms with E-state index in [1.807, 2.05) is 0 Å². The van der Waals surface area contributed by atoms with Crippen LogP contribution in [0.5, 0.6) is 5.75 Å². The van der Waals surface area contributed by atoms with Crippen molar-refractivity contribution in [3.05, 3.63) is 29.6 Å². The van der Waals surface area contributed by atoms with Crippen LogP contribution in [0.1, 0.15) is 18.4 Å². The first-order valence-electron chi connectivity index (χ1n) is 6.87. The molecule has 1 aromatic rings. The van der Waals surface area contributed by atoms with Crippen molar-refractivity contribution < 1.29 is 13.9 Å². The molecule has 1 atom stereocenters. The Kier molecular flexibility index (Phi) is 4.95. The smallest absolute Gasteiger partial charge is 0.222 e. The Morgan fingerprint density at radius 3 is 2.95 bits per heavy atom.